The van der Waals surface area contributed by atoms with Gasteiger partial charge in [-0.1, -0.05) is 50.3 Å². The van der Waals surface area contributed by atoms with Gasteiger partial charge in [-0.15, -0.1) is 0 Å². The van der Waals surface area contributed by atoms with Gasteiger partial charge in [0.15, 0.2) is 0 Å². The van der Waals surface area contributed by atoms with E-state index in [1.807, 2.05) is 7.11 Å². The topological polar surface area (TPSA) is 32.7 Å². The average Bonchev–Trinajstić information content (AvgIpc) is 2.93. The highest BCUT2D eigenvalue weighted by atomic mass is 16.5. The number of hydrogen-bond acceptors (Lipinski definition) is 3. The van der Waals surface area contributed by atoms with Gasteiger partial charge < -0.3 is 9.84 Å². The van der Waals surface area contributed by atoms with Crippen molar-refractivity contribution in [3.05, 3.63) is 42.0 Å². The highest BCUT2D eigenvalue weighted by molar-refractivity contribution is 5.67. The first-order valence-electron chi connectivity index (χ1n) is 9.27. The van der Waals surface area contributed by atoms with Crippen LogP contribution in [0.2, 0.25) is 0 Å². The summed E-state index contributed by atoms with van der Waals surface area (Å²) in [6.07, 6.45) is 5.93. The van der Waals surface area contributed by atoms with Gasteiger partial charge in [-0.2, -0.15) is 0 Å². The Balaban J connectivity index is 1.82. The minimum absolute atomic E-state index is 0.0567. The van der Waals surface area contributed by atoms with E-state index in [1.165, 1.54) is 11.1 Å². The number of benzene rings is 1. The maximum atomic E-state index is 10.2. The summed E-state index contributed by atoms with van der Waals surface area (Å²) in [5.74, 6) is 0.520. The standard InChI is InChI=1S/C21H31NO2/c1-16(2)13-18(17-7-5-4-6-8-17)15-22-12-11-21(24-3)10-9-19(23)14-20(21)22/h4-8,13,16,19-20,23H,9-12,14-15H2,1-3H3/b18-13+/t19-,20-,21+/m0/s1. The van der Waals surface area contributed by atoms with Gasteiger partial charge in [0.1, 0.15) is 0 Å². The summed E-state index contributed by atoms with van der Waals surface area (Å²) in [6, 6.07) is 11.0. The molecule has 1 aliphatic heterocycles. The van der Waals surface area contributed by atoms with Crippen LogP contribution in [0.25, 0.3) is 5.57 Å². The van der Waals surface area contributed by atoms with Gasteiger partial charge in [0.05, 0.1) is 11.7 Å². The molecule has 132 valence electrons. The van der Waals surface area contributed by atoms with E-state index in [2.05, 4.69) is 55.2 Å². The van der Waals surface area contributed by atoms with E-state index in [0.717, 1.165) is 38.8 Å². The van der Waals surface area contributed by atoms with E-state index >= 15 is 0 Å². The number of nitrogens with zero attached hydrogens (tertiary/aromatic N) is 1. The molecular weight excluding hydrogens is 298 g/mol. The molecule has 2 fully saturated rings. The number of rotatable bonds is 5. The zero-order valence-corrected chi connectivity index (χ0v) is 15.2. The zero-order valence-electron chi connectivity index (χ0n) is 15.2. The molecule has 0 unspecified atom stereocenters. The molecule has 24 heavy (non-hydrogen) atoms. The van der Waals surface area contributed by atoms with E-state index in [1.54, 1.807) is 0 Å². The van der Waals surface area contributed by atoms with Crippen LogP contribution in [-0.4, -0.2) is 48.0 Å². The highest BCUT2D eigenvalue weighted by Gasteiger charge is 2.50. The van der Waals surface area contributed by atoms with Crippen LogP contribution < -0.4 is 0 Å². The average molecular weight is 329 g/mol. The molecule has 1 heterocycles. The smallest absolute Gasteiger partial charge is 0.0847 e. The van der Waals surface area contributed by atoms with Gasteiger partial charge in [0.2, 0.25) is 0 Å². The Labute approximate surface area is 146 Å². The number of allylic oxidation sites excluding steroid dienone is 1. The van der Waals surface area contributed by atoms with Crippen LogP contribution in [0.15, 0.2) is 36.4 Å². The van der Waals surface area contributed by atoms with Crippen LogP contribution >= 0.6 is 0 Å². The van der Waals surface area contributed by atoms with Gasteiger partial charge in [0, 0.05) is 26.2 Å². The zero-order chi connectivity index (χ0) is 17.2. The Morgan fingerprint density at radius 2 is 2.08 bits per heavy atom. The molecule has 3 rings (SSSR count). The SMILES string of the molecule is CO[C@@]12CC[C@H](O)C[C@@H]1N(C/C(=C\C(C)C)c1ccccc1)CC2. The lowest BCUT2D eigenvalue weighted by atomic mass is 9.79. The van der Waals surface area contributed by atoms with Gasteiger partial charge in [0.25, 0.3) is 0 Å². The minimum Gasteiger partial charge on any atom is -0.393 e. The lowest BCUT2D eigenvalue weighted by Gasteiger charge is -2.42. The predicted molar refractivity (Wildman–Crippen MR) is 98.8 cm³/mol. The number of fused-ring (bicyclic) bond motifs is 1. The molecule has 0 amide bonds. The summed E-state index contributed by atoms with van der Waals surface area (Å²) in [7, 11) is 1.84. The molecule has 0 aromatic heterocycles. The van der Waals surface area contributed by atoms with E-state index in [4.69, 9.17) is 4.74 Å². The van der Waals surface area contributed by atoms with Crippen molar-refractivity contribution in [2.45, 2.75) is 57.3 Å². The van der Waals surface area contributed by atoms with E-state index in [-0.39, 0.29) is 11.7 Å². The minimum atomic E-state index is -0.187. The number of methoxy groups -OCH3 is 1. The number of ether oxygens (including phenoxy) is 1. The summed E-state index contributed by atoms with van der Waals surface area (Å²) in [4.78, 5) is 2.53. The quantitative estimate of drug-likeness (QED) is 0.893. The second kappa shape index (κ2) is 7.38. The Hall–Kier alpha value is -1.16. The lowest BCUT2D eigenvalue weighted by Crippen LogP contribution is -2.51. The van der Waals surface area contributed by atoms with Crippen molar-refractivity contribution >= 4 is 5.57 Å². The number of hydrogen-bond donors (Lipinski definition) is 1. The Morgan fingerprint density at radius 3 is 2.75 bits per heavy atom. The summed E-state index contributed by atoms with van der Waals surface area (Å²) in [5.41, 5.74) is 2.63. The molecular formula is C21H31NO2. The third kappa shape index (κ3) is 3.58. The second-order valence-electron chi connectivity index (χ2n) is 7.74. The van der Waals surface area contributed by atoms with Crippen molar-refractivity contribution < 1.29 is 9.84 Å². The van der Waals surface area contributed by atoms with Crippen LogP contribution in [-0.2, 0) is 4.74 Å². The fourth-order valence-electron chi connectivity index (χ4n) is 4.47. The Morgan fingerprint density at radius 1 is 1.33 bits per heavy atom. The monoisotopic (exact) mass is 329 g/mol. The van der Waals surface area contributed by atoms with Crippen molar-refractivity contribution in [2.24, 2.45) is 5.92 Å². The third-order valence-electron chi connectivity index (χ3n) is 5.73. The molecule has 0 radical (unpaired) electrons. The maximum absolute atomic E-state index is 10.2. The fourth-order valence-corrected chi connectivity index (χ4v) is 4.47. The molecule has 2 aliphatic rings. The first kappa shape index (κ1) is 17.7. The fraction of sp³-hybridized carbons (Fsp3) is 0.619. The summed E-state index contributed by atoms with van der Waals surface area (Å²) in [5, 5.41) is 10.2. The van der Waals surface area contributed by atoms with Crippen LogP contribution in [0.4, 0.5) is 0 Å². The molecule has 0 bridgehead atoms. The van der Waals surface area contributed by atoms with Crippen molar-refractivity contribution in [3.63, 3.8) is 0 Å². The van der Waals surface area contributed by atoms with Crippen LogP contribution in [0.3, 0.4) is 0 Å². The van der Waals surface area contributed by atoms with Crippen molar-refractivity contribution in [2.75, 3.05) is 20.2 Å². The summed E-state index contributed by atoms with van der Waals surface area (Å²) >= 11 is 0. The van der Waals surface area contributed by atoms with Crippen molar-refractivity contribution in [1.82, 2.24) is 4.90 Å². The number of likely N-dealkylation sites (tertiary alicyclic amines) is 1. The van der Waals surface area contributed by atoms with E-state index < -0.39 is 0 Å². The Kier molecular flexibility index (Phi) is 5.43. The molecule has 1 aromatic rings. The molecule has 3 heteroatoms. The third-order valence-corrected chi connectivity index (χ3v) is 5.73. The summed E-state index contributed by atoms with van der Waals surface area (Å²) in [6.45, 7) is 6.45. The molecule has 3 nitrogen and oxygen atoms in total. The summed E-state index contributed by atoms with van der Waals surface area (Å²) < 4.78 is 5.98. The van der Waals surface area contributed by atoms with Crippen molar-refractivity contribution in [3.8, 4) is 0 Å². The van der Waals surface area contributed by atoms with E-state index in [9.17, 15) is 5.11 Å². The molecule has 1 saturated carbocycles. The number of aliphatic hydroxyl groups is 1. The van der Waals surface area contributed by atoms with Gasteiger partial charge in [-0.05, 0) is 42.7 Å². The van der Waals surface area contributed by atoms with Crippen LogP contribution in [0, 0.1) is 5.92 Å². The van der Waals surface area contributed by atoms with Gasteiger partial charge in [-0.3, -0.25) is 4.90 Å². The van der Waals surface area contributed by atoms with E-state index in [0.29, 0.717) is 12.0 Å². The maximum Gasteiger partial charge on any atom is 0.0847 e. The lowest BCUT2D eigenvalue weighted by molar-refractivity contribution is -0.0852. The predicted octanol–water partition coefficient (Wildman–Crippen LogP) is 3.73. The van der Waals surface area contributed by atoms with Crippen LogP contribution in [0.1, 0.15) is 45.1 Å². The Bertz CT molecular complexity index is 568. The molecule has 1 aromatic carbocycles. The second-order valence-corrected chi connectivity index (χ2v) is 7.74. The highest BCUT2D eigenvalue weighted by Crippen LogP contribution is 2.43. The molecule has 1 aliphatic carbocycles. The molecule has 3 atom stereocenters. The van der Waals surface area contributed by atoms with Gasteiger partial charge in [-0.25, -0.2) is 0 Å². The van der Waals surface area contributed by atoms with Crippen LogP contribution in [0.5, 0.6) is 0 Å². The largest absolute Gasteiger partial charge is 0.393 e. The molecule has 1 saturated heterocycles. The molecule has 0 spiro atoms. The first-order valence-corrected chi connectivity index (χ1v) is 9.27. The normalized spacial score (nSPS) is 31.5. The molecule has 1 N–H and O–H groups in total. The first-order chi connectivity index (χ1) is 11.5. The number of aliphatic hydroxyl groups excluding tert-OH is 1. The van der Waals surface area contributed by atoms with Gasteiger partial charge >= 0.3 is 0 Å². The van der Waals surface area contributed by atoms with Crippen molar-refractivity contribution in [1.29, 1.82) is 0 Å².